The molecule has 2 fully saturated rings. The van der Waals surface area contributed by atoms with E-state index in [1.165, 1.54) is 4.90 Å². The number of carbonyl (C=O) groups excluding carboxylic acids is 2. The molecule has 2 amide bonds. The number of piperazine rings is 1. The quantitative estimate of drug-likeness (QED) is 0.799. The molecule has 2 atom stereocenters. The Bertz CT molecular complexity index is 423. The van der Waals surface area contributed by atoms with Crippen LogP contribution in [0.3, 0.4) is 0 Å². The van der Waals surface area contributed by atoms with Crippen LogP contribution in [0.15, 0.2) is 0 Å². The van der Waals surface area contributed by atoms with Gasteiger partial charge in [-0.1, -0.05) is 13.8 Å². The number of hydrogen-bond donors (Lipinski definition) is 0. The smallest absolute Gasteiger partial charge is 0.329 e. The van der Waals surface area contributed by atoms with Gasteiger partial charge in [0.25, 0.3) is 0 Å². The molecule has 4 nitrogen and oxygen atoms in total. The third-order valence-corrected chi connectivity index (χ3v) is 4.18. The Morgan fingerprint density at radius 2 is 1.90 bits per heavy atom. The molecule has 0 bridgehead atoms. The molecule has 0 aromatic rings. The van der Waals surface area contributed by atoms with Crippen LogP contribution < -0.4 is 0 Å². The first kappa shape index (κ1) is 16.1. The Labute approximate surface area is 122 Å². The first-order chi connectivity index (χ1) is 9.72. The maximum absolute atomic E-state index is 12.5. The molecule has 120 valence electrons. The summed E-state index contributed by atoms with van der Waals surface area (Å²) in [7, 11) is 0. The van der Waals surface area contributed by atoms with E-state index in [0.717, 1.165) is 6.42 Å². The maximum atomic E-state index is 12.5. The fourth-order valence-corrected chi connectivity index (χ4v) is 3.26. The lowest BCUT2D eigenvalue weighted by atomic mass is 9.95. The third-order valence-electron chi connectivity index (χ3n) is 4.18. The molecule has 7 heteroatoms. The van der Waals surface area contributed by atoms with Crippen LogP contribution in [-0.4, -0.2) is 53.0 Å². The van der Waals surface area contributed by atoms with Gasteiger partial charge in [0.05, 0.1) is 0 Å². The van der Waals surface area contributed by atoms with Crippen LogP contribution in [0.5, 0.6) is 0 Å². The minimum atomic E-state index is -4.23. The molecule has 0 spiro atoms. The Balaban J connectivity index is 2.11. The van der Waals surface area contributed by atoms with E-state index in [2.05, 4.69) is 0 Å². The number of hydrogen-bond acceptors (Lipinski definition) is 2. The molecule has 0 saturated carbocycles. The van der Waals surface area contributed by atoms with E-state index in [4.69, 9.17) is 0 Å². The predicted molar refractivity (Wildman–Crippen MR) is 70.4 cm³/mol. The van der Waals surface area contributed by atoms with Gasteiger partial charge in [-0.25, -0.2) is 0 Å². The second kappa shape index (κ2) is 5.85. The molecular formula is C14H21F3N2O2. The van der Waals surface area contributed by atoms with Gasteiger partial charge < -0.3 is 9.80 Å². The zero-order chi connectivity index (χ0) is 15.8. The second-order valence-electron chi connectivity index (χ2n) is 6.13. The summed E-state index contributed by atoms with van der Waals surface area (Å²) >= 11 is 0. The van der Waals surface area contributed by atoms with Crippen LogP contribution in [-0.2, 0) is 9.59 Å². The van der Waals surface area contributed by atoms with Crippen molar-refractivity contribution in [3.05, 3.63) is 0 Å². The van der Waals surface area contributed by atoms with Crippen molar-refractivity contribution in [2.75, 3.05) is 13.1 Å². The maximum Gasteiger partial charge on any atom is 0.389 e. The number of rotatable bonds is 4. The molecule has 0 radical (unpaired) electrons. The summed E-state index contributed by atoms with van der Waals surface area (Å²) in [5.74, 6) is -0.402. The first-order valence-corrected chi connectivity index (χ1v) is 7.40. The highest BCUT2D eigenvalue weighted by Gasteiger charge is 2.48. The Kier molecular flexibility index (Phi) is 4.49. The molecule has 2 aliphatic rings. The SMILES string of the molecule is CC(C)C1C(=O)N2CCCC2C(=O)N1CCCC(F)(F)F. The van der Waals surface area contributed by atoms with Gasteiger partial charge in [-0.05, 0) is 25.2 Å². The molecular weight excluding hydrogens is 285 g/mol. The van der Waals surface area contributed by atoms with E-state index in [1.807, 2.05) is 13.8 Å². The molecule has 2 rings (SSSR count). The topological polar surface area (TPSA) is 40.6 Å². The Hall–Kier alpha value is -1.27. The first-order valence-electron chi connectivity index (χ1n) is 7.40. The number of carbonyl (C=O) groups is 2. The van der Waals surface area contributed by atoms with Crippen molar-refractivity contribution in [2.45, 2.75) is 57.8 Å². The van der Waals surface area contributed by atoms with Crippen molar-refractivity contribution in [3.63, 3.8) is 0 Å². The lowest BCUT2D eigenvalue weighted by Gasteiger charge is -2.44. The number of amides is 2. The predicted octanol–water partition coefficient (Wildman–Crippen LogP) is 2.19. The van der Waals surface area contributed by atoms with Crippen molar-refractivity contribution < 1.29 is 22.8 Å². The van der Waals surface area contributed by atoms with Crippen molar-refractivity contribution in [3.8, 4) is 0 Å². The fraction of sp³-hybridized carbons (Fsp3) is 0.857. The van der Waals surface area contributed by atoms with Gasteiger partial charge in [-0.3, -0.25) is 9.59 Å². The van der Waals surface area contributed by atoms with Gasteiger partial charge in [0.2, 0.25) is 11.8 Å². The molecule has 0 N–H and O–H groups in total. The van der Waals surface area contributed by atoms with E-state index >= 15 is 0 Å². The molecule has 21 heavy (non-hydrogen) atoms. The summed E-state index contributed by atoms with van der Waals surface area (Å²) in [6.07, 6.45) is -3.91. The Morgan fingerprint density at radius 1 is 1.24 bits per heavy atom. The van der Waals surface area contributed by atoms with Crippen molar-refractivity contribution in [1.82, 2.24) is 9.80 Å². The summed E-state index contributed by atoms with van der Waals surface area (Å²) in [5, 5.41) is 0. The molecule has 0 aromatic heterocycles. The molecule has 2 aliphatic heterocycles. The number of alkyl halides is 3. The summed E-state index contributed by atoms with van der Waals surface area (Å²) in [5.41, 5.74) is 0. The highest BCUT2D eigenvalue weighted by Crippen LogP contribution is 2.30. The van der Waals surface area contributed by atoms with Crippen LogP contribution in [0.25, 0.3) is 0 Å². The third kappa shape index (κ3) is 3.32. The minimum Gasteiger partial charge on any atom is -0.329 e. The fourth-order valence-electron chi connectivity index (χ4n) is 3.26. The minimum absolute atomic E-state index is 0.00271. The van der Waals surface area contributed by atoms with E-state index in [-0.39, 0.29) is 30.7 Å². The van der Waals surface area contributed by atoms with Crippen LogP contribution >= 0.6 is 0 Å². The van der Waals surface area contributed by atoms with Gasteiger partial charge in [-0.2, -0.15) is 13.2 Å². The van der Waals surface area contributed by atoms with Gasteiger partial charge >= 0.3 is 6.18 Å². The summed E-state index contributed by atoms with van der Waals surface area (Å²) < 4.78 is 36.8. The van der Waals surface area contributed by atoms with Gasteiger partial charge in [-0.15, -0.1) is 0 Å². The summed E-state index contributed by atoms with van der Waals surface area (Å²) in [6, 6.07) is -1.08. The highest BCUT2D eigenvalue weighted by molar-refractivity contribution is 5.97. The van der Waals surface area contributed by atoms with Crippen molar-refractivity contribution >= 4 is 11.8 Å². The molecule has 0 aromatic carbocycles. The van der Waals surface area contributed by atoms with Gasteiger partial charge in [0.1, 0.15) is 12.1 Å². The number of fused-ring (bicyclic) bond motifs is 1. The normalized spacial score (nSPS) is 26.8. The van der Waals surface area contributed by atoms with E-state index in [0.29, 0.717) is 13.0 Å². The number of halogens is 3. The summed E-state index contributed by atoms with van der Waals surface area (Å²) in [6.45, 7) is 4.22. The van der Waals surface area contributed by atoms with E-state index in [1.54, 1.807) is 4.90 Å². The standard InChI is InChI=1S/C14H21F3N2O2/c1-9(2)11-13(21)18-7-3-5-10(18)12(20)19(11)8-4-6-14(15,16)17/h9-11H,3-8H2,1-2H3. The second-order valence-corrected chi connectivity index (χ2v) is 6.13. The molecule has 2 saturated heterocycles. The van der Waals surface area contributed by atoms with Crippen LogP contribution in [0.2, 0.25) is 0 Å². The van der Waals surface area contributed by atoms with Gasteiger partial charge in [0, 0.05) is 19.5 Å². The molecule has 2 unspecified atom stereocenters. The van der Waals surface area contributed by atoms with E-state index in [9.17, 15) is 22.8 Å². The highest BCUT2D eigenvalue weighted by atomic mass is 19.4. The van der Waals surface area contributed by atoms with Crippen LogP contribution in [0.1, 0.15) is 39.5 Å². The zero-order valence-corrected chi connectivity index (χ0v) is 12.3. The molecule has 0 aliphatic carbocycles. The van der Waals surface area contributed by atoms with Gasteiger partial charge in [0.15, 0.2) is 0 Å². The zero-order valence-electron chi connectivity index (χ0n) is 12.3. The van der Waals surface area contributed by atoms with Crippen LogP contribution in [0.4, 0.5) is 13.2 Å². The molecule has 2 heterocycles. The summed E-state index contributed by atoms with van der Waals surface area (Å²) in [4.78, 5) is 27.9. The monoisotopic (exact) mass is 306 g/mol. The van der Waals surface area contributed by atoms with Crippen LogP contribution in [0, 0.1) is 5.92 Å². The largest absolute Gasteiger partial charge is 0.389 e. The average Bonchev–Trinajstić information content (AvgIpc) is 2.82. The van der Waals surface area contributed by atoms with E-state index < -0.39 is 24.7 Å². The lowest BCUT2D eigenvalue weighted by Crippen LogP contribution is -2.64. The lowest BCUT2D eigenvalue weighted by molar-refractivity contribution is -0.163. The Morgan fingerprint density at radius 3 is 2.48 bits per heavy atom. The van der Waals surface area contributed by atoms with Crippen molar-refractivity contribution in [2.24, 2.45) is 5.92 Å². The number of nitrogens with zero attached hydrogens (tertiary/aromatic N) is 2. The average molecular weight is 306 g/mol. The van der Waals surface area contributed by atoms with Crippen molar-refractivity contribution in [1.29, 1.82) is 0 Å².